The molecule has 0 radical (unpaired) electrons. The van der Waals surface area contributed by atoms with E-state index in [1.807, 2.05) is 32.2 Å². The van der Waals surface area contributed by atoms with Crippen LogP contribution in [0, 0.1) is 0 Å². The molecule has 0 atom stereocenters. The van der Waals surface area contributed by atoms with Crippen molar-refractivity contribution in [3.8, 4) is 0 Å². The molecule has 0 aromatic carbocycles. The van der Waals surface area contributed by atoms with Gasteiger partial charge in [0, 0.05) is 19.2 Å². The Morgan fingerprint density at radius 3 is 2.73 bits per heavy atom. The Kier molecular flexibility index (Phi) is 4.16. The fraction of sp³-hybridized carbons (Fsp3) is 0.417. The minimum atomic E-state index is 0.0788. The van der Waals surface area contributed by atoms with E-state index < -0.39 is 0 Å². The third kappa shape index (κ3) is 2.72. The van der Waals surface area contributed by atoms with Gasteiger partial charge in [-0.15, -0.1) is 0 Å². The van der Waals surface area contributed by atoms with Crippen molar-refractivity contribution >= 4 is 5.91 Å². The van der Waals surface area contributed by atoms with E-state index in [0.29, 0.717) is 0 Å². The van der Waals surface area contributed by atoms with E-state index in [0.717, 1.165) is 24.1 Å². The van der Waals surface area contributed by atoms with Crippen LogP contribution in [0.15, 0.2) is 35.6 Å². The molecule has 1 aliphatic heterocycles. The lowest BCUT2D eigenvalue weighted by Gasteiger charge is -2.24. The van der Waals surface area contributed by atoms with Gasteiger partial charge < -0.3 is 9.64 Å². The SMILES string of the molecule is C/C=C\C1=C(/C=C/OC)CCN(C)C1=O. The average molecular weight is 207 g/mol. The van der Waals surface area contributed by atoms with Crippen molar-refractivity contribution in [2.75, 3.05) is 20.7 Å². The average Bonchev–Trinajstić information content (AvgIpc) is 2.24. The van der Waals surface area contributed by atoms with Gasteiger partial charge >= 0.3 is 0 Å². The summed E-state index contributed by atoms with van der Waals surface area (Å²) in [6, 6.07) is 0. The summed E-state index contributed by atoms with van der Waals surface area (Å²) in [6.07, 6.45) is 8.08. The highest BCUT2D eigenvalue weighted by atomic mass is 16.5. The number of carbonyl (C=O) groups excluding carboxylic acids is 1. The highest BCUT2D eigenvalue weighted by Crippen LogP contribution is 2.20. The number of methoxy groups -OCH3 is 1. The number of nitrogens with zero attached hydrogens (tertiary/aromatic N) is 1. The second kappa shape index (κ2) is 5.39. The topological polar surface area (TPSA) is 29.5 Å². The van der Waals surface area contributed by atoms with Gasteiger partial charge in [0.25, 0.3) is 5.91 Å². The zero-order chi connectivity index (χ0) is 11.3. The molecule has 0 aliphatic carbocycles. The van der Waals surface area contributed by atoms with Crippen molar-refractivity contribution in [2.45, 2.75) is 13.3 Å². The summed E-state index contributed by atoms with van der Waals surface area (Å²) < 4.78 is 4.87. The normalized spacial score (nSPS) is 18.3. The molecular formula is C12H17NO2. The van der Waals surface area contributed by atoms with Gasteiger partial charge in [0.15, 0.2) is 0 Å². The molecule has 0 aromatic heterocycles. The Bertz CT molecular complexity index is 327. The van der Waals surface area contributed by atoms with E-state index >= 15 is 0 Å². The highest BCUT2D eigenvalue weighted by molar-refractivity contribution is 5.98. The van der Waals surface area contributed by atoms with Crippen LogP contribution in [-0.4, -0.2) is 31.5 Å². The van der Waals surface area contributed by atoms with Gasteiger partial charge in [0.05, 0.1) is 13.4 Å². The molecule has 1 heterocycles. The molecule has 0 N–H and O–H groups in total. The maximum absolute atomic E-state index is 11.8. The minimum Gasteiger partial charge on any atom is -0.504 e. The molecule has 0 saturated heterocycles. The quantitative estimate of drug-likeness (QED) is 0.661. The van der Waals surface area contributed by atoms with Crippen LogP contribution in [0.3, 0.4) is 0 Å². The number of amides is 1. The summed E-state index contributed by atoms with van der Waals surface area (Å²) in [7, 11) is 3.42. The number of hydrogen-bond donors (Lipinski definition) is 0. The second-order valence-electron chi connectivity index (χ2n) is 3.45. The van der Waals surface area contributed by atoms with E-state index in [4.69, 9.17) is 4.74 Å². The summed E-state index contributed by atoms with van der Waals surface area (Å²) in [4.78, 5) is 13.6. The van der Waals surface area contributed by atoms with Crippen LogP contribution in [-0.2, 0) is 9.53 Å². The highest BCUT2D eigenvalue weighted by Gasteiger charge is 2.20. The van der Waals surface area contributed by atoms with Crippen molar-refractivity contribution in [2.24, 2.45) is 0 Å². The first-order valence-electron chi connectivity index (χ1n) is 5.01. The smallest absolute Gasteiger partial charge is 0.253 e. The Hall–Kier alpha value is -1.51. The predicted octanol–water partition coefficient (Wildman–Crippen LogP) is 1.88. The van der Waals surface area contributed by atoms with Gasteiger partial charge in [-0.25, -0.2) is 0 Å². The van der Waals surface area contributed by atoms with Gasteiger partial charge in [-0.05, 0) is 25.0 Å². The van der Waals surface area contributed by atoms with Crippen LogP contribution in [0.1, 0.15) is 13.3 Å². The monoisotopic (exact) mass is 207 g/mol. The lowest BCUT2D eigenvalue weighted by molar-refractivity contribution is -0.126. The second-order valence-corrected chi connectivity index (χ2v) is 3.45. The molecule has 82 valence electrons. The first kappa shape index (κ1) is 11.6. The van der Waals surface area contributed by atoms with Gasteiger partial charge in [0.2, 0.25) is 0 Å². The molecule has 3 heteroatoms. The molecular weight excluding hydrogens is 190 g/mol. The van der Waals surface area contributed by atoms with Crippen molar-refractivity contribution in [1.29, 1.82) is 0 Å². The molecule has 0 bridgehead atoms. The fourth-order valence-electron chi connectivity index (χ4n) is 1.54. The number of likely N-dealkylation sites (N-methyl/N-ethyl adjacent to an activating group) is 1. The molecule has 0 fully saturated rings. The largest absolute Gasteiger partial charge is 0.504 e. The van der Waals surface area contributed by atoms with Crippen LogP contribution in [0.4, 0.5) is 0 Å². The van der Waals surface area contributed by atoms with E-state index in [9.17, 15) is 4.79 Å². The van der Waals surface area contributed by atoms with Crippen molar-refractivity contribution in [1.82, 2.24) is 4.90 Å². The number of carbonyl (C=O) groups is 1. The zero-order valence-corrected chi connectivity index (χ0v) is 9.49. The molecule has 15 heavy (non-hydrogen) atoms. The third-order valence-electron chi connectivity index (χ3n) is 2.38. The van der Waals surface area contributed by atoms with Crippen LogP contribution in [0.2, 0.25) is 0 Å². The Morgan fingerprint density at radius 2 is 2.13 bits per heavy atom. The fourth-order valence-corrected chi connectivity index (χ4v) is 1.54. The van der Waals surface area contributed by atoms with Gasteiger partial charge in [-0.3, -0.25) is 4.79 Å². The number of allylic oxidation sites excluding steroid dienone is 2. The van der Waals surface area contributed by atoms with E-state index in [1.165, 1.54) is 0 Å². The molecule has 0 unspecified atom stereocenters. The van der Waals surface area contributed by atoms with E-state index in [2.05, 4.69) is 0 Å². The number of ether oxygens (including phenoxy) is 1. The summed E-state index contributed by atoms with van der Waals surface area (Å²) in [5.41, 5.74) is 1.80. The van der Waals surface area contributed by atoms with Crippen molar-refractivity contribution < 1.29 is 9.53 Å². The third-order valence-corrected chi connectivity index (χ3v) is 2.38. The van der Waals surface area contributed by atoms with Gasteiger partial charge in [-0.1, -0.05) is 12.2 Å². The van der Waals surface area contributed by atoms with Crippen molar-refractivity contribution in [3.63, 3.8) is 0 Å². The lowest BCUT2D eigenvalue weighted by atomic mass is 9.99. The maximum Gasteiger partial charge on any atom is 0.253 e. The van der Waals surface area contributed by atoms with E-state index in [-0.39, 0.29) is 5.91 Å². The first-order valence-corrected chi connectivity index (χ1v) is 5.01. The van der Waals surface area contributed by atoms with Crippen LogP contribution in [0.5, 0.6) is 0 Å². The Balaban J connectivity index is 3.03. The summed E-state index contributed by atoms with van der Waals surface area (Å²) in [6.45, 7) is 2.68. The Labute approximate surface area is 90.7 Å². The van der Waals surface area contributed by atoms with Crippen LogP contribution < -0.4 is 0 Å². The molecule has 1 amide bonds. The molecule has 0 saturated carbocycles. The molecule has 0 aromatic rings. The summed E-state index contributed by atoms with van der Waals surface area (Å²) >= 11 is 0. The van der Waals surface area contributed by atoms with Crippen LogP contribution >= 0.6 is 0 Å². The van der Waals surface area contributed by atoms with Crippen molar-refractivity contribution in [3.05, 3.63) is 35.6 Å². The molecule has 3 nitrogen and oxygen atoms in total. The summed E-state index contributed by atoms with van der Waals surface area (Å²) in [5.74, 6) is 0.0788. The predicted molar refractivity (Wildman–Crippen MR) is 60.2 cm³/mol. The maximum atomic E-state index is 11.8. The molecule has 0 spiro atoms. The van der Waals surface area contributed by atoms with Gasteiger partial charge in [0.1, 0.15) is 0 Å². The van der Waals surface area contributed by atoms with E-state index in [1.54, 1.807) is 18.3 Å². The zero-order valence-electron chi connectivity index (χ0n) is 9.49. The Morgan fingerprint density at radius 1 is 1.40 bits per heavy atom. The first-order chi connectivity index (χ1) is 7.20. The van der Waals surface area contributed by atoms with Gasteiger partial charge in [-0.2, -0.15) is 0 Å². The van der Waals surface area contributed by atoms with Crippen LogP contribution in [0.25, 0.3) is 0 Å². The minimum absolute atomic E-state index is 0.0788. The standard InChI is InChI=1S/C12H17NO2/c1-4-5-11-10(7-9-15-3)6-8-13(2)12(11)14/h4-5,7,9H,6,8H2,1-3H3/b5-4-,9-7+. The summed E-state index contributed by atoms with van der Waals surface area (Å²) in [5, 5.41) is 0. The molecule has 1 rings (SSSR count). The molecule has 1 aliphatic rings. The lowest BCUT2D eigenvalue weighted by Crippen LogP contribution is -2.33. The number of hydrogen-bond acceptors (Lipinski definition) is 2. The number of rotatable bonds is 3.